The lowest BCUT2D eigenvalue weighted by Gasteiger charge is -2.11. The summed E-state index contributed by atoms with van der Waals surface area (Å²) in [5.41, 5.74) is 5.68. The van der Waals surface area contributed by atoms with Gasteiger partial charge in [0, 0.05) is 24.3 Å². The molecule has 0 fully saturated rings. The summed E-state index contributed by atoms with van der Waals surface area (Å²) in [5, 5.41) is 19.3. The molecule has 0 aromatic heterocycles. The number of aliphatic hydroxyl groups excluding tert-OH is 1. The van der Waals surface area contributed by atoms with E-state index in [1.165, 1.54) is 0 Å². The van der Waals surface area contributed by atoms with E-state index in [0.29, 0.717) is 12.8 Å². The summed E-state index contributed by atoms with van der Waals surface area (Å²) in [6.45, 7) is -0.0448. The minimum absolute atomic E-state index is 0.0448. The summed E-state index contributed by atoms with van der Waals surface area (Å²) in [7, 11) is 0. The van der Waals surface area contributed by atoms with Crippen LogP contribution in [0.1, 0.15) is 24.4 Å². The monoisotopic (exact) mass is 228 g/mol. The third-order valence-electron chi connectivity index (χ3n) is 2.26. The fourth-order valence-electron chi connectivity index (χ4n) is 1.46. The standard InChI is InChI=1S/C10H13FN2O3/c11-7-3-4-10(13(15)16)8(6-7)9(12)2-1-5-14/h3-4,6,9,14H,1-2,5,12H2/t9-/m0/s1. The highest BCUT2D eigenvalue weighted by molar-refractivity contribution is 5.42. The second kappa shape index (κ2) is 5.53. The van der Waals surface area contributed by atoms with E-state index >= 15 is 0 Å². The van der Waals surface area contributed by atoms with Crippen molar-refractivity contribution in [2.45, 2.75) is 18.9 Å². The Hall–Kier alpha value is -1.53. The molecule has 1 aromatic rings. The van der Waals surface area contributed by atoms with Crippen molar-refractivity contribution in [3.05, 3.63) is 39.7 Å². The van der Waals surface area contributed by atoms with Gasteiger partial charge in [0.25, 0.3) is 5.69 Å². The van der Waals surface area contributed by atoms with Gasteiger partial charge in [-0.1, -0.05) is 0 Å². The van der Waals surface area contributed by atoms with Crippen LogP contribution in [0.3, 0.4) is 0 Å². The van der Waals surface area contributed by atoms with Crippen LogP contribution < -0.4 is 5.73 Å². The van der Waals surface area contributed by atoms with Gasteiger partial charge in [-0.2, -0.15) is 0 Å². The number of hydrogen-bond acceptors (Lipinski definition) is 4. The summed E-state index contributed by atoms with van der Waals surface area (Å²) in [6, 6.07) is 2.56. The SMILES string of the molecule is N[C@@H](CCCO)c1cc(F)ccc1[N+](=O)[O-]. The average molecular weight is 228 g/mol. The molecule has 0 radical (unpaired) electrons. The summed E-state index contributed by atoms with van der Waals surface area (Å²) in [6.07, 6.45) is 0.801. The largest absolute Gasteiger partial charge is 0.396 e. The Balaban J connectivity index is 2.99. The first-order valence-electron chi connectivity index (χ1n) is 4.86. The van der Waals surface area contributed by atoms with E-state index < -0.39 is 16.8 Å². The van der Waals surface area contributed by atoms with E-state index in [4.69, 9.17) is 10.8 Å². The maximum absolute atomic E-state index is 13.0. The smallest absolute Gasteiger partial charge is 0.274 e. The average Bonchev–Trinajstić information content (AvgIpc) is 2.25. The van der Waals surface area contributed by atoms with Crippen LogP contribution in [0.4, 0.5) is 10.1 Å². The third-order valence-corrected chi connectivity index (χ3v) is 2.26. The van der Waals surface area contributed by atoms with Crippen molar-refractivity contribution in [1.82, 2.24) is 0 Å². The van der Waals surface area contributed by atoms with E-state index in [1.807, 2.05) is 0 Å². The number of benzene rings is 1. The number of rotatable bonds is 5. The van der Waals surface area contributed by atoms with Gasteiger partial charge in [0.15, 0.2) is 0 Å². The molecule has 1 atom stereocenters. The van der Waals surface area contributed by atoms with Gasteiger partial charge in [0.05, 0.1) is 4.92 Å². The van der Waals surface area contributed by atoms with E-state index in [2.05, 4.69) is 0 Å². The predicted octanol–water partition coefficient (Wildman–Crippen LogP) is 1.51. The highest BCUT2D eigenvalue weighted by atomic mass is 19.1. The molecule has 0 unspecified atom stereocenters. The Labute approximate surface area is 91.8 Å². The summed E-state index contributed by atoms with van der Waals surface area (Å²) in [5.74, 6) is -0.556. The van der Waals surface area contributed by atoms with Gasteiger partial charge in [-0.3, -0.25) is 10.1 Å². The van der Waals surface area contributed by atoms with Crippen molar-refractivity contribution in [2.75, 3.05) is 6.61 Å². The molecule has 0 aliphatic rings. The van der Waals surface area contributed by atoms with Crippen molar-refractivity contribution >= 4 is 5.69 Å². The van der Waals surface area contributed by atoms with Gasteiger partial charge in [0.1, 0.15) is 5.82 Å². The lowest BCUT2D eigenvalue weighted by Crippen LogP contribution is -2.13. The molecule has 0 aliphatic carbocycles. The zero-order valence-electron chi connectivity index (χ0n) is 8.60. The Bertz CT molecular complexity index is 384. The van der Waals surface area contributed by atoms with Crippen LogP contribution in [0.15, 0.2) is 18.2 Å². The first-order valence-corrected chi connectivity index (χ1v) is 4.86. The number of nitro groups is 1. The molecule has 0 bridgehead atoms. The van der Waals surface area contributed by atoms with E-state index in [0.717, 1.165) is 18.2 Å². The zero-order valence-corrected chi connectivity index (χ0v) is 8.60. The van der Waals surface area contributed by atoms with Crippen molar-refractivity contribution in [1.29, 1.82) is 0 Å². The summed E-state index contributed by atoms with van der Waals surface area (Å²) >= 11 is 0. The second-order valence-electron chi connectivity index (χ2n) is 3.43. The van der Waals surface area contributed by atoms with Crippen molar-refractivity contribution < 1.29 is 14.4 Å². The molecule has 5 nitrogen and oxygen atoms in total. The van der Waals surface area contributed by atoms with Gasteiger partial charge in [-0.05, 0) is 25.0 Å². The van der Waals surface area contributed by atoms with E-state index in [1.54, 1.807) is 0 Å². The molecule has 6 heteroatoms. The van der Waals surface area contributed by atoms with E-state index in [9.17, 15) is 14.5 Å². The Kier molecular flexibility index (Phi) is 4.33. The van der Waals surface area contributed by atoms with Crippen LogP contribution in [0.2, 0.25) is 0 Å². The normalized spacial score (nSPS) is 12.4. The van der Waals surface area contributed by atoms with Crippen LogP contribution in [-0.4, -0.2) is 16.6 Å². The van der Waals surface area contributed by atoms with Crippen molar-refractivity contribution in [2.24, 2.45) is 5.73 Å². The lowest BCUT2D eigenvalue weighted by molar-refractivity contribution is -0.385. The van der Waals surface area contributed by atoms with Gasteiger partial charge in [0.2, 0.25) is 0 Å². The first kappa shape index (κ1) is 12.5. The number of nitrogens with two attached hydrogens (primary N) is 1. The van der Waals surface area contributed by atoms with Crippen LogP contribution in [0.5, 0.6) is 0 Å². The number of hydrogen-bond donors (Lipinski definition) is 2. The molecule has 1 rings (SSSR count). The molecular formula is C10H13FN2O3. The molecule has 0 saturated heterocycles. The number of nitrogens with zero attached hydrogens (tertiary/aromatic N) is 1. The lowest BCUT2D eigenvalue weighted by atomic mass is 10.0. The summed E-state index contributed by atoms with van der Waals surface area (Å²) in [4.78, 5) is 10.1. The van der Waals surface area contributed by atoms with Gasteiger partial charge < -0.3 is 10.8 Å². The molecule has 0 spiro atoms. The molecule has 0 amide bonds. The van der Waals surface area contributed by atoms with Gasteiger partial charge >= 0.3 is 0 Å². The molecule has 16 heavy (non-hydrogen) atoms. The molecule has 0 aliphatic heterocycles. The predicted molar refractivity (Wildman–Crippen MR) is 56.3 cm³/mol. The Morgan fingerprint density at radius 1 is 1.56 bits per heavy atom. The van der Waals surface area contributed by atoms with Crippen LogP contribution in [0, 0.1) is 15.9 Å². The first-order chi connectivity index (χ1) is 7.56. The fraction of sp³-hybridized carbons (Fsp3) is 0.400. The maximum Gasteiger partial charge on any atom is 0.274 e. The number of halogens is 1. The highest BCUT2D eigenvalue weighted by Gasteiger charge is 2.19. The van der Waals surface area contributed by atoms with Crippen LogP contribution in [0.25, 0.3) is 0 Å². The number of aliphatic hydroxyl groups is 1. The number of nitro benzene ring substituents is 1. The molecule has 88 valence electrons. The fourth-order valence-corrected chi connectivity index (χ4v) is 1.46. The minimum Gasteiger partial charge on any atom is -0.396 e. The quantitative estimate of drug-likeness (QED) is 0.590. The van der Waals surface area contributed by atoms with Crippen molar-refractivity contribution in [3.63, 3.8) is 0 Å². The molecule has 1 aromatic carbocycles. The molecule has 3 N–H and O–H groups in total. The molecular weight excluding hydrogens is 215 g/mol. The van der Waals surface area contributed by atoms with Crippen LogP contribution in [-0.2, 0) is 0 Å². The zero-order chi connectivity index (χ0) is 12.1. The van der Waals surface area contributed by atoms with Crippen molar-refractivity contribution in [3.8, 4) is 0 Å². The van der Waals surface area contributed by atoms with E-state index in [-0.39, 0.29) is 17.9 Å². The maximum atomic E-state index is 13.0. The summed E-state index contributed by atoms with van der Waals surface area (Å²) < 4.78 is 13.0. The second-order valence-corrected chi connectivity index (χ2v) is 3.43. The van der Waals surface area contributed by atoms with Crippen LogP contribution >= 0.6 is 0 Å². The van der Waals surface area contributed by atoms with Gasteiger partial charge in [-0.15, -0.1) is 0 Å². The third kappa shape index (κ3) is 2.98. The molecule has 0 heterocycles. The Morgan fingerprint density at radius 2 is 2.25 bits per heavy atom. The Morgan fingerprint density at radius 3 is 2.81 bits per heavy atom. The molecule has 0 saturated carbocycles. The van der Waals surface area contributed by atoms with Gasteiger partial charge in [-0.25, -0.2) is 4.39 Å². The highest BCUT2D eigenvalue weighted by Crippen LogP contribution is 2.26. The minimum atomic E-state index is -0.636. The topological polar surface area (TPSA) is 89.4 Å².